The molecule has 0 aliphatic carbocycles. The second-order valence-electron chi connectivity index (χ2n) is 4.10. The molecule has 0 saturated carbocycles. The summed E-state index contributed by atoms with van der Waals surface area (Å²) in [6, 6.07) is 7.86. The number of aryl methyl sites for hydroxylation is 2. The minimum Gasteiger partial charge on any atom is -0.456 e. The monoisotopic (exact) mass is 325 g/mol. The quantitative estimate of drug-likeness (QED) is 0.741. The van der Waals surface area contributed by atoms with Gasteiger partial charge in [0.2, 0.25) is 0 Å². The number of halogens is 2. The maximum Gasteiger partial charge on any atom is 0.141 e. The van der Waals surface area contributed by atoms with E-state index in [1.165, 1.54) is 5.56 Å². The molecule has 1 aromatic heterocycles. The number of hydrogen-bond donors (Lipinski definition) is 0. The van der Waals surface area contributed by atoms with Gasteiger partial charge in [0.05, 0.1) is 10.4 Å². The van der Waals surface area contributed by atoms with E-state index < -0.39 is 0 Å². The summed E-state index contributed by atoms with van der Waals surface area (Å²) in [6.45, 7) is 3.96. The summed E-state index contributed by atoms with van der Waals surface area (Å²) in [7, 11) is 0. The fourth-order valence-corrected chi connectivity index (χ4v) is 2.34. The van der Waals surface area contributed by atoms with Crippen LogP contribution in [0.4, 0.5) is 0 Å². The van der Waals surface area contributed by atoms with Crippen molar-refractivity contribution in [2.24, 2.45) is 0 Å². The first-order valence-corrected chi connectivity index (χ1v) is 6.88. The maximum absolute atomic E-state index is 5.90. The van der Waals surface area contributed by atoms with Crippen molar-refractivity contribution in [3.05, 3.63) is 51.8 Å². The van der Waals surface area contributed by atoms with Gasteiger partial charge in [-0.25, -0.2) is 0 Å². The molecule has 0 bridgehead atoms. The standard InChI is InChI=1S/C14H13BrClNO/c1-9-3-4-13(12(15)5-9)18-14-6-10(2)17-8-11(14)7-16/h3-6,8H,7H2,1-2H3. The van der Waals surface area contributed by atoms with Crippen molar-refractivity contribution in [1.82, 2.24) is 4.98 Å². The van der Waals surface area contributed by atoms with E-state index in [9.17, 15) is 0 Å². The minimum absolute atomic E-state index is 0.381. The Bertz CT molecular complexity index is 572. The number of hydrogen-bond acceptors (Lipinski definition) is 2. The third kappa shape index (κ3) is 3.03. The molecular weight excluding hydrogens is 314 g/mol. The van der Waals surface area contributed by atoms with Crippen LogP contribution in [0.3, 0.4) is 0 Å². The fraction of sp³-hybridized carbons (Fsp3) is 0.214. The fourth-order valence-electron chi connectivity index (χ4n) is 1.57. The van der Waals surface area contributed by atoms with Crippen LogP contribution in [0.5, 0.6) is 11.5 Å². The average molecular weight is 327 g/mol. The van der Waals surface area contributed by atoms with Gasteiger partial charge in [-0.1, -0.05) is 6.07 Å². The van der Waals surface area contributed by atoms with Crippen molar-refractivity contribution in [2.75, 3.05) is 0 Å². The lowest BCUT2D eigenvalue weighted by Gasteiger charge is -2.11. The van der Waals surface area contributed by atoms with Crippen molar-refractivity contribution >= 4 is 27.5 Å². The van der Waals surface area contributed by atoms with Gasteiger partial charge in [-0.15, -0.1) is 11.6 Å². The Morgan fingerprint density at radius 2 is 2.00 bits per heavy atom. The van der Waals surface area contributed by atoms with Crippen LogP contribution in [0.25, 0.3) is 0 Å². The summed E-state index contributed by atoms with van der Waals surface area (Å²) in [5, 5.41) is 0. The number of rotatable bonds is 3. The smallest absolute Gasteiger partial charge is 0.141 e. The number of benzene rings is 1. The molecule has 18 heavy (non-hydrogen) atoms. The molecule has 0 spiro atoms. The normalized spacial score (nSPS) is 10.4. The van der Waals surface area contributed by atoms with Crippen molar-refractivity contribution in [2.45, 2.75) is 19.7 Å². The Labute approximate surface area is 120 Å². The Balaban J connectivity index is 2.36. The van der Waals surface area contributed by atoms with E-state index in [1.54, 1.807) is 6.20 Å². The van der Waals surface area contributed by atoms with Gasteiger partial charge in [-0.05, 0) is 47.5 Å². The van der Waals surface area contributed by atoms with E-state index in [2.05, 4.69) is 20.9 Å². The molecule has 0 atom stereocenters. The molecule has 0 saturated heterocycles. The number of ether oxygens (including phenoxy) is 1. The highest BCUT2D eigenvalue weighted by Crippen LogP contribution is 2.32. The molecule has 1 heterocycles. The van der Waals surface area contributed by atoms with Crippen LogP contribution in [0.2, 0.25) is 0 Å². The van der Waals surface area contributed by atoms with Crippen LogP contribution in [-0.4, -0.2) is 4.98 Å². The molecule has 2 rings (SSSR count). The Morgan fingerprint density at radius 3 is 2.67 bits per heavy atom. The molecule has 0 aliphatic heterocycles. The third-order valence-corrected chi connectivity index (χ3v) is 3.44. The van der Waals surface area contributed by atoms with Gasteiger partial charge < -0.3 is 4.74 Å². The third-order valence-electron chi connectivity index (χ3n) is 2.53. The number of alkyl halides is 1. The van der Waals surface area contributed by atoms with E-state index >= 15 is 0 Å². The molecular formula is C14H13BrClNO. The molecule has 94 valence electrons. The molecule has 0 radical (unpaired) electrons. The van der Waals surface area contributed by atoms with Gasteiger partial charge in [-0.2, -0.15) is 0 Å². The van der Waals surface area contributed by atoms with Gasteiger partial charge in [0.15, 0.2) is 0 Å². The molecule has 0 N–H and O–H groups in total. The lowest BCUT2D eigenvalue weighted by molar-refractivity contribution is 0.474. The second-order valence-corrected chi connectivity index (χ2v) is 5.22. The van der Waals surface area contributed by atoms with Crippen molar-refractivity contribution < 1.29 is 4.74 Å². The first kappa shape index (κ1) is 13.4. The largest absolute Gasteiger partial charge is 0.456 e. The van der Waals surface area contributed by atoms with E-state index in [-0.39, 0.29) is 0 Å². The predicted molar refractivity (Wildman–Crippen MR) is 77.5 cm³/mol. The second kappa shape index (κ2) is 5.72. The Kier molecular flexibility index (Phi) is 4.25. The average Bonchev–Trinajstić information content (AvgIpc) is 2.33. The van der Waals surface area contributed by atoms with Crippen LogP contribution in [0.15, 0.2) is 34.9 Å². The summed E-state index contributed by atoms with van der Waals surface area (Å²) in [5.41, 5.74) is 2.97. The van der Waals surface area contributed by atoms with Gasteiger partial charge in [0, 0.05) is 23.5 Å². The number of aromatic nitrogens is 1. The SMILES string of the molecule is Cc1ccc(Oc2cc(C)ncc2CCl)c(Br)c1. The lowest BCUT2D eigenvalue weighted by atomic mass is 10.2. The van der Waals surface area contributed by atoms with Gasteiger partial charge >= 0.3 is 0 Å². The molecule has 0 unspecified atom stereocenters. The van der Waals surface area contributed by atoms with Crippen molar-refractivity contribution in [1.29, 1.82) is 0 Å². The zero-order valence-corrected chi connectivity index (χ0v) is 12.5. The Hall–Kier alpha value is -1.06. The van der Waals surface area contributed by atoms with E-state index in [4.69, 9.17) is 16.3 Å². The molecule has 2 aromatic rings. The highest BCUT2D eigenvalue weighted by Gasteiger charge is 2.08. The van der Waals surface area contributed by atoms with Crippen molar-refractivity contribution in [3.63, 3.8) is 0 Å². The van der Waals surface area contributed by atoms with Crippen LogP contribution in [0, 0.1) is 13.8 Å². The van der Waals surface area contributed by atoms with Gasteiger partial charge in [0.1, 0.15) is 11.5 Å². The van der Waals surface area contributed by atoms with Crippen LogP contribution in [-0.2, 0) is 5.88 Å². The van der Waals surface area contributed by atoms with Crippen LogP contribution >= 0.6 is 27.5 Å². The summed E-state index contributed by atoms with van der Waals surface area (Å²) in [5.74, 6) is 1.91. The summed E-state index contributed by atoms with van der Waals surface area (Å²) in [4.78, 5) is 4.21. The Morgan fingerprint density at radius 1 is 1.22 bits per heavy atom. The first-order valence-electron chi connectivity index (χ1n) is 5.55. The zero-order valence-electron chi connectivity index (χ0n) is 10.2. The van der Waals surface area contributed by atoms with Gasteiger partial charge in [0.25, 0.3) is 0 Å². The number of pyridine rings is 1. The van der Waals surface area contributed by atoms with E-state index in [0.29, 0.717) is 5.88 Å². The maximum atomic E-state index is 5.90. The minimum atomic E-state index is 0.381. The molecule has 0 aliphatic rings. The van der Waals surface area contributed by atoms with E-state index in [1.807, 2.05) is 38.1 Å². The topological polar surface area (TPSA) is 22.1 Å². The van der Waals surface area contributed by atoms with Gasteiger partial charge in [-0.3, -0.25) is 4.98 Å². The molecule has 2 nitrogen and oxygen atoms in total. The first-order chi connectivity index (χ1) is 8.60. The molecule has 0 fully saturated rings. The lowest BCUT2D eigenvalue weighted by Crippen LogP contribution is -1.93. The summed E-state index contributed by atoms with van der Waals surface area (Å²) >= 11 is 9.38. The molecule has 1 aromatic carbocycles. The van der Waals surface area contributed by atoms with E-state index in [0.717, 1.165) is 27.2 Å². The molecule has 4 heteroatoms. The number of nitrogens with zero attached hydrogens (tertiary/aromatic N) is 1. The predicted octanol–water partition coefficient (Wildman–Crippen LogP) is 4.99. The highest BCUT2D eigenvalue weighted by molar-refractivity contribution is 9.10. The van der Waals surface area contributed by atoms with Crippen molar-refractivity contribution in [3.8, 4) is 11.5 Å². The molecule has 0 amide bonds. The summed E-state index contributed by atoms with van der Waals surface area (Å²) < 4.78 is 6.82. The van der Waals surface area contributed by atoms with Crippen LogP contribution < -0.4 is 4.74 Å². The zero-order chi connectivity index (χ0) is 13.1. The van der Waals surface area contributed by atoms with Crippen LogP contribution in [0.1, 0.15) is 16.8 Å². The highest BCUT2D eigenvalue weighted by atomic mass is 79.9. The summed E-state index contributed by atoms with van der Waals surface area (Å²) in [6.07, 6.45) is 1.75.